The van der Waals surface area contributed by atoms with Gasteiger partial charge in [0, 0.05) is 31.4 Å². The summed E-state index contributed by atoms with van der Waals surface area (Å²) in [5, 5.41) is 11.2. The van der Waals surface area contributed by atoms with Crippen LogP contribution in [-0.4, -0.2) is 28.8 Å². The van der Waals surface area contributed by atoms with E-state index >= 15 is 0 Å². The van der Waals surface area contributed by atoms with Crippen LogP contribution in [0.2, 0.25) is 0 Å². The second-order valence-electron chi connectivity index (χ2n) is 7.56. The van der Waals surface area contributed by atoms with Crippen molar-refractivity contribution < 1.29 is 4.74 Å². The molecule has 7 heteroatoms. The molecule has 0 unspecified atom stereocenters. The first kappa shape index (κ1) is 25.7. The molecular formula is C25H34IN5O. The number of aryl methyl sites for hydroxylation is 2. The van der Waals surface area contributed by atoms with Gasteiger partial charge in [-0.3, -0.25) is 4.68 Å². The number of hydrogen-bond donors (Lipinski definition) is 2. The zero-order chi connectivity index (χ0) is 22.1. The van der Waals surface area contributed by atoms with Gasteiger partial charge in [0.2, 0.25) is 0 Å². The molecule has 0 aliphatic heterocycles. The standard InChI is InChI=1S/C25H33N5O.HI/c1-5-26-25(28-17-24-19(2)29-30(4)20(24)3)27-16-15-21-11-13-23(14-12-21)31-18-22-9-7-6-8-10-22;/h6-14H,5,15-18H2,1-4H3,(H2,26,27,28);1H. The lowest BCUT2D eigenvalue weighted by Gasteiger charge is -2.12. The van der Waals surface area contributed by atoms with Gasteiger partial charge in [-0.25, -0.2) is 4.99 Å². The summed E-state index contributed by atoms with van der Waals surface area (Å²) in [5.41, 5.74) is 5.81. The Hall–Kier alpha value is -2.55. The molecule has 0 saturated heterocycles. The summed E-state index contributed by atoms with van der Waals surface area (Å²) in [7, 11) is 1.97. The number of nitrogens with one attached hydrogen (secondary N) is 2. The van der Waals surface area contributed by atoms with Gasteiger partial charge in [0.05, 0.1) is 12.2 Å². The molecule has 2 N–H and O–H groups in total. The number of ether oxygens (including phenoxy) is 1. The minimum Gasteiger partial charge on any atom is -0.489 e. The molecule has 0 radical (unpaired) electrons. The molecule has 0 atom stereocenters. The van der Waals surface area contributed by atoms with Crippen molar-refractivity contribution in [2.75, 3.05) is 13.1 Å². The quantitative estimate of drug-likeness (QED) is 0.235. The summed E-state index contributed by atoms with van der Waals surface area (Å²) in [6, 6.07) is 18.5. The first-order chi connectivity index (χ1) is 15.1. The molecule has 2 aromatic carbocycles. The summed E-state index contributed by atoms with van der Waals surface area (Å²) in [6.45, 7) is 9.02. The van der Waals surface area contributed by atoms with Crippen molar-refractivity contribution >= 4 is 29.9 Å². The van der Waals surface area contributed by atoms with Crippen molar-refractivity contribution in [2.45, 2.75) is 40.3 Å². The topological polar surface area (TPSA) is 63.5 Å². The van der Waals surface area contributed by atoms with Crippen molar-refractivity contribution in [2.24, 2.45) is 12.0 Å². The molecule has 1 aromatic heterocycles. The Kier molecular flexibility index (Phi) is 10.5. The molecule has 0 saturated carbocycles. The summed E-state index contributed by atoms with van der Waals surface area (Å²) in [5.74, 6) is 1.71. The number of nitrogens with zero attached hydrogens (tertiary/aromatic N) is 3. The molecule has 0 aliphatic carbocycles. The van der Waals surface area contributed by atoms with Gasteiger partial charge in [-0.05, 0) is 50.5 Å². The van der Waals surface area contributed by atoms with Gasteiger partial charge in [0.1, 0.15) is 12.4 Å². The van der Waals surface area contributed by atoms with Gasteiger partial charge in [0.25, 0.3) is 0 Å². The summed E-state index contributed by atoms with van der Waals surface area (Å²) in [4.78, 5) is 4.74. The highest BCUT2D eigenvalue weighted by molar-refractivity contribution is 14.0. The minimum absolute atomic E-state index is 0. The maximum absolute atomic E-state index is 5.87. The molecule has 172 valence electrons. The SMILES string of the molecule is CCNC(=NCc1c(C)nn(C)c1C)NCCc1ccc(OCc2ccccc2)cc1.I. The largest absolute Gasteiger partial charge is 0.489 e. The third-order valence-corrected chi connectivity index (χ3v) is 5.28. The van der Waals surface area contributed by atoms with E-state index in [9.17, 15) is 0 Å². The molecule has 0 fully saturated rings. The van der Waals surface area contributed by atoms with Gasteiger partial charge >= 0.3 is 0 Å². The Morgan fingerprint density at radius 2 is 1.72 bits per heavy atom. The van der Waals surface area contributed by atoms with Crippen molar-refractivity contribution in [3.05, 3.63) is 82.7 Å². The van der Waals surface area contributed by atoms with E-state index in [1.807, 2.05) is 49.0 Å². The van der Waals surface area contributed by atoms with Gasteiger partial charge in [-0.15, -0.1) is 24.0 Å². The average Bonchev–Trinajstić information content (AvgIpc) is 3.03. The van der Waals surface area contributed by atoms with Crippen LogP contribution < -0.4 is 15.4 Å². The number of halogens is 1. The molecule has 0 aliphatic rings. The van der Waals surface area contributed by atoms with Crippen LogP contribution in [0.3, 0.4) is 0 Å². The minimum atomic E-state index is 0. The van der Waals surface area contributed by atoms with Gasteiger partial charge < -0.3 is 15.4 Å². The van der Waals surface area contributed by atoms with Crippen LogP contribution >= 0.6 is 24.0 Å². The molecule has 0 amide bonds. The maximum Gasteiger partial charge on any atom is 0.191 e. The monoisotopic (exact) mass is 547 g/mol. The Morgan fingerprint density at radius 1 is 1.00 bits per heavy atom. The van der Waals surface area contributed by atoms with Crippen LogP contribution in [0.1, 0.15) is 35.0 Å². The lowest BCUT2D eigenvalue weighted by atomic mass is 10.1. The van der Waals surface area contributed by atoms with E-state index in [1.165, 1.54) is 16.7 Å². The predicted octanol–water partition coefficient (Wildman–Crippen LogP) is 4.53. The molecule has 1 heterocycles. The highest BCUT2D eigenvalue weighted by Gasteiger charge is 2.09. The third kappa shape index (κ3) is 7.55. The summed E-state index contributed by atoms with van der Waals surface area (Å²) >= 11 is 0. The van der Waals surface area contributed by atoms with E-state index in [0.717, 1.165) is 42.6 Å². The fourth-order valence-electron chi connectivity index (χ4n) is 3.36. The van der Waals surface area contributed by atoms with E-state index in [2.05, 4.69) is 53.8 Å². The first-order valence-corrected chi connectivity index (χ1v) is 10.8. The lowest BCUT2D eigenvalue weighted by molar-refractivity contribution is 0.306. The van der Waals surface area contributed by atoms with Crippen LogP contribution in [0.4, 0.5) is 0 Å². The first-order valence-electron chi connectivity index (χ1n) is 10.8. The number of aliphatic imine (C=N–C) groups is 1. The van der Waals surface area contributed by atoms with Crippen LogP contribution in [0.25, 0.3) is 0 Å². The average molecular weight is 547 g/mol. The fourth-order valence-corrected chi connectivity index (χ4v) is 3.36. The van der Waals surface area contributed by atoms with Gasteiger partial charge in [-0.1, -0.05) is 42.5 Å². The van der Waals surface area contributed by atoms with Gasteiger partial charge in [-0.2, -0.15) is 5.10 Å². The van der Waals surface area contributed by atoms with Crippen LogP contribution in [0.5, 0.6) is 5.75 Å². The third-order valence-electron chi connectivity index (χ3n) is 5.28. The van der Waals surface area contributed by atoms with E-state index in [1.54, 1.807) is 0 Å². The Labute approximate surface area is 208 Å². The maximum atomic E-state index is 5.87. The fraction of sp³-hybridized carbons (Fsp3) is 0.360. The number of benzene rings is 2. The van der Waals surface area contributed by atoms with Crippen molar-refractivity contribution in [3.63, 3.8) is 0 Å². The van der Waals surface area contributed by atoms with Crippen LogP contribution in [0.15, 0.2) is 59.6 Å². The van der Waals surface area contributed by atoms with Crippen LogP contribution in [-0.2, 0) is 26.6 Å². The molecule has 6 nitrogen and oxygen atoms in total. The second-order valence-corrected chi connectivity index (χ2v) is 7.56. The number of rotatable bonds is 9. The highest BCUT2D eigenvalue weighted by Crippen LogP contribution is 2.15. The molecule has 3 rings (SSSR count). The number of aromatic nitrogens is 2. The second kappa shape index (κ2) is 13.1. The summed E-state index contributed by atoms with van der Waals surface area (Å²) < 4.78 is 7.78. The number of guanidine groups is 1. The summed E-state index contributed by atoms with van der Waals surface area (Å²) in [6.07, 6.45) is 0.911. The molecule has 3 aromatic rings. The van der Waals surface area contributed by atoms with Crippen molar-refractivity contribution in [1.82, 2.24) is 20.4 Å². The van der Waals surface area contributed by atoms with Crippen LogP contribution in [0, 0.1) is 13.8 Å². The molecule has 32 heavy (non-hydrogen) atoms. The van der Waals surface area contributed by atoms with Gasteiger partial charge in [0.15, 0.2) is 5.96 Å². The molecule has 0 bridgehead atoms. The Balaban J connectivity index is 0.00000363. The van der Waals surface area contributed by atoms with Crippen molar-refractivity contribution in [3.8, 4) is 5.75 Å². The normalized spacial score (nSPS) is 11.1. The van der Waals surface area contributed by atoms with E-state index in [-0.39, 0.29) is 24.0 Å². The highest BCUT2D eigenvalue weighted by atomic mass is 127. The Bertz CT molecular complexity index is 984. The zero-order valence-corrected chi connectivity index (χ0v) is 21.7. The van der Waals surface area contributed by atoms with E-state index < -0.39 is 0 Å². The van der Waals surface area contributed by atoms with E-state index in [0.29, 0.717) is 13.2 Å². The molecular weight excluding hydrogens is 513 g/mol. The number of hydrogen-bond acceptors (Lipinski definition) is 3. The van der Waals surface area contributed by atoms with Crippen molar-refractivity contribution in [1.29, 1.82) is 0 Å². The lowest BCUT2D eigenvalue weighted by Crippen LogP contribution is -2.38. The molecule has 0 spiro atoms. The zero-order valence-electron chi connectivity index (χ0n) is 19.4. The predicted molar refractivity (Wildman–Crippen MR) is 142 cm³/mol. The van der Waals surface area contributed by atoms with E-state index in [4.69, 9.17) is 9.73 Å². The smallest absolute Gasteiger partial charge is 0.191 e. The Morgan fingerprint density at radius 3 is 2.34 bits per heavy atom.